The summed E-state index contributed by atoms with van der Waals surface area (Å²) in [7, 11) is 0. The average molecular weight is 325 g/mol. The number of carbonyl (C=O) groups is 1. The Morgan fingerprint density at radius 3 is 2.64 bits per heavy atom. The Labute approximate surface area is 136 Å². The maximum atomic E-state index is 11.8. The number of aliphatic hydroxyl groups is 1. The minimum atomic E-state index is -0.192. The van der Waals surface area contributed by atoms with Crippen LogP contribution in [0.25, 0.3) is 0 Å². The van der Waals surface area contributed by atoms with E-state index in [1.165, 1.54) is 0 Å². The molecule has 1 heterocycles. The molecular weight excluding hydrogens is 298 g/mol. The molecule has 6 heteroatoms. The minimum absolute atomic E-state index is 0.0826. The molecule has 2 rings (SSSR count). The molecule has 0 saturated heterocycles. The number of nitrogens with one attached hydrogen (secondary N) is 2. The van der Waals surface area contributed by atoms with E-state index >= 15 is 0 Å². The van der Waals surface area contributed by atoms with E-state index in [0.29, 0.717) is 6.54 Å². The second-order valence-electron chi connectivity index (χ2n) is 7.05. The van der Waals surface area contributed by atoms with Gasteiger partial charge in [0.05, 0.1) is 16.8 Å². The Balaban J connectivity index is 1.67. The van der Waals surface area contributed by atoms with E-state index in [1.54, 1.807) is 11.3 Å². The van der Waals surface area contributed by atoms with Crippen molar-refractivity contribution >= 4 is 17.4 Å². The van der Waals surface area contributed by atoms with Gasteiger partial charge in [0.1, 0.15) is 0 Å². The van der Waals surface area contributed by atoms with Crippen LogP contribution in [0.1, 0.15) is 57.2 Å². The van der Waals surface area contributed by atoms with Gasteiger partial charge < -0.3 is 15.7 Å². The van der Waals surface area contributed by atoms with Gasteiger partial charge in [-0.3, -0.25) is 0 Å². The van der Waals surface area contributed by atoms with Gasteiger partial charge in [-0.05, 0) is 25.7 Å². The predicted octanol–water partition coefficient (Wildman–Crippen LogP) is 2.59. The number of thiazole rings is 1. The number of carbonyl (C=O) groups excluding carboxylic acids is 1. The summed E-state index contributed by atoms with van der Waals surface area (Å²) in [4.78, 5) is 16.5. The fourth-order valence-corrected chi connectivity index (χ4v) is 3.47. The third-order valence-electron chi connectivity index (χ3n) is 3.89. The van der Waals surface area contributed by atoms with Gasteiger partial charge in [-0.1, -0.05) is 20.8 Å². The summed E-state index contributed by atoms with van der Waals surface area (Å²) >= 11 is 1.68. The van der Waals surface area contributed by atoms with Crippen LogP contribution in [0.2, 0.25) is 0 Å². The Hall–Kier alpha value is -1.14. The van der Waals surface area contributed by atoms with E-state index < -0.39 is 0 Å². The quantitative estimate of drug-likeness (QED) is 0.796. The van der Waals surface area contributed by atoms with Crippen molar-refractivity contribution in [3.8, 4) is 0 Å². The maximum absolute atomic E-state index is 11.8. The standard InChI is InChI=1S/C16H27N3O2S/c1-16(2,3)14-18-12(10-22-14)8-9-17-15(21)19-11-4-6-13(20)7-5-11/h10-11,13,20H,4-9H2,1-3H3,(H2,17,19,21). The maximum Gasteiger partial charge on any atom is 0.315 e. The van der Waals surface area contributed by atoms with Gasteiger partial charge in [0, 0.05) is 29.8 Å². The Morgan fingerprint density at radius 2 is 2.05 bits per heavy atom. The van der Waals surface area contributed by atoms with Crippen LogP contribution < -0.4 is 10.6 Å². The number of urea groups is 1. The summed E-state index contributed by atoms with van der Waals surface area (Å²) in [6.07, 6.45) is 3.83. The zero-order chi connectivity index (χ0) is 16.2. The van der Waals surface area contributed by atoms with Crippen molar-refractivity contribution in [2.75, 3.05) is 6.54 Å². The van der Waals surface area contributed by atoms with Crippen LogP contribution in [0.3, 0.4) is 0 Å². The van der Waals surface area contributed by atoms with E-state index in [-0.39, 0.29) is 23.6 Å². The van der Waals surface area contributed by atoms with E-state index in [2.05, 4.69) is 41.8 Å². The number of aromatic nitrogens is 1. The van der Waals surface area contributed by atoms with Gasteiger partial charge in [-0.25, -0.2) is 9.78 Å². The molecule has 0 atom stereocenters. The molecule has 3 N–H and O–H groups in total. The molecule has 1 saturated carbocycles. The van der Waals surface area contributed by atoms with Gasteiger partial charge in [0.2, 0.25) is 0 Å². The zero-order valence-corrected chi connectivity index (χ0v) is 14.5. The predicted molar refractivity (Wildman–Crippen MR) is 89.3 cm³/mol. The third-order valence-corrected chi connectivity index (χ3v) is 5.21. The zero-order valence-electron chi connectivity index (χ0n) is 13.7. The van der Waals surface area contributed by atoms with E-state index in [4.69, 9.17) is 0 Å². The summed E-state index contributed by atoms with van der Waals surface area (Å²) < 4.78 is 0. The topological polar surface area (TPSA) is 74.2 Å². The molecular formula is C16H27N3O2S. The van der Waals surface area contributed by atoms with Crippen LogP contribution in [0.5, 0.6) is 0 Å². The highest BCUT2D eigenvalue weighted by Crippen LogP contribution is 2.25. The van der Waals surface area contributed by atoms with Gasteiger partial charge >= 0.3 is 6.03 Å². The lowest BCUT2D eigenvalue weighted by atomic mass is 9.93. The fourth-order valence-electron chi connectivity index (χ4n) is 2.53. The summed E-state index contributed by atoms with van der Waals surface area (Å²) in [5.41, 5.74) is 1.12. The van der Waals surface area contributed by atoms with E-state index in [9.17, 15) is 9.90 Å². The molecule has 0 radical (unpaired) electrons. The molecule has 1 aromatic rings. The number of amides is 2. The number of aliphatic hydroxyl groups excluding tert-OH is 1. The van der Waals surface area contributed by atoms with Crippen LogP contribution in [0, 0.1) is 0 Å². The van der Waals surface area contributed by atoms with Crippen molar-refractivity contribution in [3.05, 3.63) is 16.1 Å². The summed E-state index contributed by atoms with van der Waals surface area (Å²) in [6.45, 7) is 7.06. The van der Waals surface area contributed by atoms with Crippen molar-refractivity contribution in [1.82, 2.24) is 15.6 Å². The molecule has 1 aliphatic rings. The second-order valence-corrected chi connectivity index (χ2v) is 7.91. The third kappa shape index (κ3) is 5.25. The molecule has 0 aliphatic heterocycles. The first-order chi connectivity index (χ1) is 10.3. The van der Waals surface area contributed by atoms with Crippen LogP contribution in [0.15, 0.2) is 5.38 Å². The number of nitrogens with zero attached hydrogens (tertiary/aromatic N) is 1. The highest BCUT2D eigenvalue weighted by atomic mass is 32.1. The first-order valence-corrected chi connectivity index (χ1v) is 8.90. The highest BCUT2D eigenvalue weighted by Gasteiger charge is 2.21. The molecule has 1 aromatic heterocycles. The number of rotatable bonds is 4. The second kappa shape index (κ2) is 7.42. The van der Waals surface area contributed by atoms with E-state index in [1.807, 2.05) is 0 Å². The lowest BCUT2D eigenvalue weighted by Gasteiger charge is -2.26. The van der Waals surface area contributed by atoms with Gasteiger partial charge in [0.15, 0.2) is 0 Å². The average Bonchev–Trinajstić information content (AvgIpc) is 2.90. The molecule has 0 spiro atoms. The lowest BCUT2D eigenvalue weighted by Crippen LogP contribution is -2.44. The van der Waals surface area contributed by atoms with Crippen molar-refractivity contribution in [3.63, 3.8) is 0 Å². The SMILES string of the molecule is CC(C)(C)c1nc(CCNC(=O)NC2CCC(O)CC2)cs1. The molecule has 2 amide bonds. The van der Waals surface area contributed by atoms with Crippen molar-refractivity contribution in [2.45, 2.75) is 70.4 Å². The molecule has 124 valence electrons. The van der Waals surface area contributed by atoms with Gasteiger partial charge in [-0.15, -0.1) is 11.3 Å². The lowest BCUT2D eigenvalue weighted by molar-refractivity contribution is 0.117. The first-order valence-electron chi connectivity index (χ1n) is 8.02. The molecule has 1 fully saturated rings. The molecule has 0 aromatic carbocycles. The number of hydrogen-bond donors (Lipinski definition) is 3. The summed E-state index contributed by atoms with van der Waals surface area (Å²) in [5.74, 6) is 0. The number of hydrogen-bond acceptors (Lipinski definition) is 4. The normalized spacial score (nSPS) is 22.4. The molecule has 0 bridgehead atoms. The largest absolute Gasteiger partial charge is 0.393 e. The van der Waals surface area contributed by atoms with E-state index in [0.717, 1.165) is 42.8 Å². The smallest absolute Gasteiger partial charge is 0.315 e. The van der Waals surface area contributed by atoms with Crippen molar-refractivity contribution in [2.24, 2.45) is 0 Å². The Kier molecular flexibility index (Phi) is 5.81. The van der Waals surface area contributed by atoms with Crippen LogP contribution in [-0.4, -0.2) is 34.8 Å². The molecule has 5 nitrogen and oxygen atoms in total. The molecule has 0 unspecified atom stereocenters. The fraction of sp³-hybridized carbons (Fsp3) is 0.750. The van der Waals surface area contributed by atoms with Gasteiger partial charge in [-0.2, -0.15) is 0 Å². The summed E-state index contributed by atoms with van der Waals surface area (Å²) in [6, 6.07) is 0.0721. The van der Waals surface area contributed by atoms with Crippen molar-refractivity contribution < 1.29 is 9.90 Å². The minimum Gasteiger partial charge on any atom is -0.393 e. The van der Waals surface area contributed by atoms with Crippen LogP contribution in [-0.2, 0) is 11.8 Å². The van der Waals surface area contributed by atoms with Crippen molar-refractivity contribution in [1.29, 1.82) is 0 Å². The summed E-state index contributed by atoms with van der Waals surface area (Å²) in [5, 5.41) is 18.5. The van der Waals surface area contributed by atoms with Crippen LogP contribution >= 0.6 is 11.3 Å². The highest BCUT2D eigenvalue weighted by molar-refractivity contribution is 7.09. The monoisotopic (exact) mass is 325 g/mol. The first kappa shape index (κ1) is 17.2. The molecule has 1 aliphatic carbocycles. The van der Waals surface area contributed by atoms with Gasteiger partial charge in [0.25, 0.3) is 0 Å². The van der Waals surface area contributed by atoms with Crippen LogP contribution in [0.4, 0.5) is 4.79 Å². The molecule has 22 heavy (non-hydrogen) atoms. The Morgan fingerprint density at radius 1 is 1.36 bits per heavy atom. The Bertz CT molecular complexity index is 488.